The number of methoxy groups -OCH3 is 1. The van der Waals surface area contributed by atoms with Crippen LogP contribution in [0.15, 0.2) is 63.8 Å². The molecule has 1 fully saturated rings. The van der Waals surface area contributed by atoms with Gasteiger partial charge in [-0.15, -0.1) is 0 Å². The lowest BCUT2D eigenvalue weighted by atomic mass is 10.1. The van der Waals surface area contributed by atoms with Crippen LogP contribution in [-0.2, 0) is 16.4 Å². The van der Waals surface area contributed by atoms with Crippen molar-refractivity contribution >= 4 is 26.7 Å². The summed E-state index contributed by atoms with van der Waals surface area (Å²) < 4.78 is 34.6. The van der Waals surface area contributed by atoms with E-state index in [1.54, 1.807) is 43.5 Å². The summed E-state index contributed by atoms with van der Waals surface area (Å²) in [4.78, 5) is 27.4. The van der Waals surface area contributed by atoms with Crippen molar-refractivity contribution in [2.75, 3.05) is 18.6 Å². The molecule has 1 aliphatic rings. The Balaban J connectivity index is 1.72. The minimum Gasteiger partial charge on any atom is -0.497 e. The molecule has 7 nitrogen and oxygen atoms in total. The van der Waals surface area contributed by atoms with Gasteiger partial charge in [0.15, 0.2) is 9.84 Å². The number of rotatable bonds is 5. The first-order valence-corrected chi connectivity index (χ1v) is 11.4. The van der Waals surface area contributed by atoms with Gasteiger partial charge in [-0.2, -0.15) is 0 Å². The van der Waals surface area contributed by atoms with Gasteiger partial charge in [-0.3, -0.25) is 4.79 Å². The number of para-hydroxylation sites is 1. The Morgan fingerprint density at radius 1 is 1.17 bits per heavy atom. The second kappa shape index (κ2) is 7.95. The van der Waals surface area contributed by atoms with Crippen LogP contribution in [0.2, 0.25) is 0 Å². The van der Waals surface area contributed by atoms with E-state index in [9.17, 15) is 18.0 Å². The second-order valence-electron chi connectivity index (χ2n) is 7.32. The normalized spacial score (nSPS) is 17.7. The third-order valence-electron chi connectivity index (χ3n) is 5.29. The molecule has 1 amide bonds. The van der Waals surface area contributed by atoms with E-state index in [0.29, 0.717) is 23.1 Å². The maximum absolute atomic E-state index is 13.4. The zero-order valence-corrected chi connectivity index (χ0v) is 17.2. The fraction of sp³-hybridized carbons (Fsp3) is 0.273. The molecule has 0 radical (unpaired) electrons. The fourth-order valence-electron chi connectivity index (χ4n) is 3.68. The van der Waals surface area contributed by atoms with Gasteiger partial charge < -0.3 is 14.1 Å². The minimum atomic E-state index is -3.22. The number of ether oxygens (including phenoxy) is 1. The first kappa shape index (κ1) is 20.2. The van der Waals surface area contributed by atoms with Gasteiger partial charge in [-0.05, 0) is 36.2 Å². The molecule has 0 spiro atoms. The summed E-state index contributed by atoms with van der Waals surface area (Å²) in [6.45, 7) is 0.176. The number of carbonyl (C=O) groups is 1. The molecule has 0 saturated carbocycles. The molecule has 0 aliphatic carbocycles. The minimum absolute atomic E-state index is 0.0242. The number of benzene rings is 2. The summed E-state index contributed by atoms with van der Waals surface area (Å²) in [6.07, 6.45) is 0.336. The van der Waals surface area contributed by atoms with E-state index in [-0.39, 0.29) is 23.6 Å². The summed E-state index contributed by atoms with van der Waals surface area (Å²) in [6, 6.07) is 15.1. The quantitative estimate of drug-likeness (QED) is 0.581. The third-order valence-corrected chi connectivity index (χ3v) is 7.04. The van der Waals surface area contributed by atoms with E-state index in [4.69, 9.17) is 9.15 Å². The number of amides is 1. The van der Waals surface area contributed by atoms with Crippen molar-refractivity contribution in [2.45, 2.75) is 19.0 Å². The molecular weight excluding hydrogens is 406 g/mol. The molecule has 156 valence electrons. The van der Waals surface area contributed by atoms with E-state index in [1.807, 2.05) is 12.1 Å². The molecular formula is C22H21NO6S. The van der Waals surface area contributed by atoms with Crippen LogP contribution in [0, 0.1) is 0 Å². The maximum atomic E-state index is 13.4. The van der Waals surface area contributed by atoms with Crippen LogP contribution in [0.3, 0.4) is 0 Å². The van der Waals surface area contributed by atoms with E-state index in [2.05, 4.69) is 0 Å². The van der Waals surface area contributed by atoms with Crippen molar-refractivity contribution in [1.29, 1.82) is 0 Å². The van der Waals surface area contributed by atoms with E-state index >= 15 is 0 Å². The molecule has 8 heteroatoms. The van der Waals surface area contributed by atoms with Crippen LogP contribution < -0.4 is 10.4 Å². The topological polar surface area (TPSA) is 93.9 Å². The van der Waals surface area contributed by atoms with Crippen molar-refractivity contribution in [3.05, 3.63) is 76.1 Å². The SMILES string of the molecule is COc1ccc(CN(C(=O)c2cc3ccccc3oc2=O)[C@H]2CCS(=O)(=O)C2)cc1. The molecule has 1 saturated heterocycles. The summed E-state index contributed by atoms with van der Waals surface area (Å²) in [7, 11) is -1.66. The predicted molar refractivity (Wildman–Crippen MR) is 112 cm³/mol. The average Bonchev–Trinajstić information content (AvgIpc) is 3.10. The van der Waals surface area contributed by atoms with Crippen molar-refractivity contribution in [3.63, 3.8) is 0 Å². The molecule has 3 aromatic rings. The molecule has 0 bridgehead atoms. The number of hydrogen-bond acceptors (Lipinski definition) is 6. The van der Waals surface area contributed by atoms with E-state index in [1.165, 1.54) is 11.0 Å². The molecule has 1 aromatic heterocycles. The highest BCUT2D eigenvalue weighted by Crippen LogP contribution is 2.23. The Bertz CT molecular complexity index is 1250. The van der Waals surface area contributed by atoms with Crippen LogP contribution in [0.5, 0.6) is 5.75 Å². The summed E-state index contributed by atoms with van der Waals surface area (Å²) >= 11 is 0. The van der Waals surface area contributed by atoms with Gasteiger partial charge in [-0.25, -0.2) is 13.2 Å². The second-order valence-corrected chi connectivity index (χ2v) is 9.55. The van der Waals surface area contributed by atoms with Crippen molar-refractivity contribution < 1.29 is 22.4 Å². The van der Waals surface area contributed by atoms with E-state index < -0.39 is 27.4 Å². The predicted octanol–water partition coefficient (Wildman–Crippen LogP) is 2.63. The highest BCUT2D eigenvalue weighted by atomic mass is 32.2. The van der Waals surface area contributed by atoms with Gasteiger partial charge in [0.05, 0.1) is 18.6 Å². The fourth-order valence-corrected chi connectivity index (χ4v) is 5.41. The third kappa shape index (κ3) is 4.09. The van der Waals surface area contributed by atoms with Gasteiger partial charge in [0.1, 0.15) is 16.9 Å². The highest BCUT2D eigenvalue weighted by molar-refractivity contribution is 7.91. The smallest absolute Gasteiger partial charge is 0.349 e. The van der Waals surface area contributed by atoms with Gasteiger partial charge in [0.25, 0.3) is 5.91 Å². The summed E-state index contributed by atoms with van der Waals surface area (Å²) in [5.74, 6) is 0.0483. The standard InChI is InChI=1S/C22H21NO6S/c1-28-18-8-6-15(7-9-18)13-23(17-10-11-30(26,27)14-17)21(24)19-12-16-4-2-3-5-20(16)29-22(19)25/h2-9,12,17H,10-11,13-14H2,1H3/t17-/m0/s1. The number of fused-ring (bicyclic) bond motifs is 1. The maximum Gasteiger partial charge on any atom is 0.349 e. The van der Waals surface area contributed by atoms with Crippen molar-refractivity contribution in [3.8, 4) is 5.75 Å². The highest BCUT2D eigenvalue weighted by Gasteiger charge is 2.36. The van der Waals surface area contributed by atoms with Gasteiger partial charge in [-0.1, -0.05) is 30.3 Å². The Morgan fingerprint density at radius 3 is 2.57 bits per heavy atom. The van der Waals surface area contributed by atoms with Gasteiger partial charge in [0.2, 0.25) is 0 Å². The molecule has 0 unspecified atom stereocenters. The van der Waals surface area contributed by atoms with Crippen molar-refractivity contribution in [2.24, 2.45) is 0 Å². The van der Waals surface area contributed by atoms with E-state index in [0.717, 1.165) is 5.56 Å². The number of carbonyl (C=O) groups excluding carboxylic acids is 1. The lowest BCUT2D eigenvalue weighted by Gasteiger charge is -2.28. The number of hydrogen-bond donors (Lipinski definition) is 0. The largest absolute Gasteiger partial charge is 0.497 e. The average molecular weight is 427 g/mol. The summed E-state index contributed by atoms with van der Waals surface area (Å²) in [5, 5.41) is 0.629. The Morgan fingerprint density at radius 2 is 1.90 bits per heavy atom. The monoisotopic (exact) mass is 427 g/mol. The summed E-state index contributed by atoms with van der Waals surface area (Å²) in [5.41, 5.74) is 0.355. The molecule has 30 heavy (non-hydrogen) atoms. The molecule has 0 N–H and O–H groups in total. The Labute approximate surface area is 173 Å². The van der Waals surface area contributed by atoms with Crippen LogP contribution >= 0.6 is 0 Å². The Kier molecular flexibility index (Phi) is 5.34. The molecule has 1 atom stereocenters. The van der Waals surface area contributed by atoms with Gasteiger partial charge in [0, 0.05) is 18.0 Å². The first-order valence-electron chi connectivity index (χ1n) is 9.53. The zero-order valence-electron chi connectivity index (χ0n) is 16.4. The first-order chi connectivity index (χ1) is 14.4. The van der Waals surface area contributed by atoms with Crippen LogP contribution in [-0.4, -0.2) is 43.9 Å². The number of nitrogens with zero attached hydrogens (tertiary/aromatic N) is 1. The van der Waals surface area contributed by atoms with Crippen LogP contribution in [0.1, 0.15) is 22.3 Å². The zero-order chi connectivity index (χ0) is 21.3. The molecule has 2 heterocycles. The van der Waals surface area contributed by atoms with Crippen LogP contribution in [0.25, 0.3) is 11.0 Å². The molecule has 2 aromatic carbocycles. The molecule has 1 aliphatic heterocycles. The Hall–Kier alpha value is -3.13. The molecule has 4 rings (SSSR count). The lowest BCUT2D eigenvalue weighted by molar-refractivity contribution is 0.0676. The van der Waals surface area contributed by atoms with Crippen molar-refractivity contribution in [1.82, 2.24) is 4.90 Å². The van der Waals surface area contributed by atoms with Crippen LogP contribution in [0.4, 0.5) is 0 Å². The van der Waals surface area contributed by atoms with Gasteiger partial charge >= 0.3 is 5.63 Å². The number of sulfone groups is 1. The lowest BCUT2D eigenvalue weighted by Crippen LogP contribution is -2.42.